The molecule has 1 heterocycles. The topological polar surface area (TPSA) is 84.6 Å². The van der Waals surface area contributed by atoms with E-state index in [2.05, 4.69) is 10.3 Å². The van der Waals surface area contributed by atoms with Crippen molar-refractivity contribution in [2.24, 2.45) is 0 Å². The molecule has 2 N–H and O–H groups in total. The molecule has 34 heavy (non-hydrogen) atoms. The first-order valence-electron chi connectivity index (χ1n) is 11.3. The van der Waals surface area contributed by atoms with Crippen LogP contribution < -0.4 is 10.1 Å². The van der Waals surface area contributed by atoms with Gasteiger partial charge in [0.2, 0.25) is 5.89 Å². The molecule has 0 aliphatic heterocycles. The molecule has 0 unspecified atom stereocenters. The summed E-state index contributed by atoms with van der Waals surface area (Å²) in [6, 6.07) is 23.8. The van der Waals surface area contributed by atoms with Crippen molar-refractivity contribution in [1.29, 1.82) is 0 Å². The minimum atomic E-state index is -0.790. The van der Waals surface area contributed by atoms with Crippen LogP contribution >= 0.6 is 0 Å². The van der Waals surface area contributed by atoms with E-state index in [4.69, 9.17) is 14.3 Å². The lowest BCUT2D eigenvalue weighted by Crippen LogP contribution is -2.04. The molecule has 0 aliphatic carbocycles. The standard InChI is InChI=1S/C28H28N2O4/c1-19-18-25(14-10-21(19)11-15-27(31)32)33-17-16-26-20(2)34-28(30-26)22-8-12-24(13-9-22)29-23-6-4-3-5-7-23/h3-10,12-14,18,29H,11,15-17H2,1-2H3,(H,31,32). The summed E-state index contributed by atoms with van der Waals surface area (Å²) in [5, 5.41) is 12.2. The monoisotopic (exact) mass is 456 g/mol. The number of aliphatic carboxylic acids is 1. The van der Waals surface area contributed by atoms with Crippen LogP contribution in [0.2, 0.25) is 0 Å². The normalized spacial score (nSPS) is 10.8. The van der Waals surface area contributed by atoms with Crippen LogP contribution in [0.15, 0.2) is 77.2 Å². The first kappa shape index (κ1) is 23.1. The van der Waals surface area contributed by atoms with Crippen LogP contribution in [0.5, 0.6) is 5.75 Å². The Balaban J connectivity index is 1.33. The number of anilines is 2. The number of aryl methyl sites for hydroxylation is 3. The van der Waals surface area contributed by atoms with Gasteiger partial charge in [0.05, 0.1) is 12.3 Å². The smallest absolute Gasteiger partial charge is 0.303 e. The minimum absolute atomic E-state index is 0.126. The molecular formula is C28H28N2O4. The molecule has 4 rings (SSSR count). The second kappa shape index (κ2) is 10.7. The van der Waals surface area contributed by atoms with Crippen LogP contribution in [0.25, 0.3) is 11.5 Å². The van der Waals surface area contributed by atoms with Gasteiger partial charge in [0.15, 0.2) is 0 Å². The molecule has 0 fully saturated rings. The number of nitrogens with one attached hydrogen (secondary N) is 1. The summed E-state index contributed by atoms with van der Waals surface area (Å²) < 4.78 is 11.8. The number of benzene rings is 3. The van der Waals surface area contributed by atoms with Crippen molar-refractivity contribution >= 4 is 17.3 Å². The fourth-order valence-corrected chi connectivity index (χ4v) is 3.71. The van der Waals surface area contributed by atoms with Crippen molar-refractivity contribution < 1.29 is 19.1 Å². The van der Waals surface area contributed by atoms with Crippen molar-refractivity contribution in [3.8, 4) is 17.2 Å². The molecule has 0 spiro atoms. The molecule has 0 saturated carbocycles. The van der Waals surface area contributed by atoms with Gasteiger partial charge in [-0.2, -0.15) is 0 Å². The van der Waals surface area contributed by atoms with Crippen LogP contribution in [0.4, 0.5) is 11.4 Å². The van der Waals surface area contributed by atoms with Crippen LogP contribution in [0, 0.1) is 13.8 Å². The second-order valence-electron chi connectivity index (χ2n) is 8.17. The summed E-state index contributed by atoms with van der Waals surface area (Å²) in [5.74, 6) is 1.35. The molecule has 1 aromatic heterocycles. The van der Waals surface area contributed by atoms with E-state index in [1.165, 1.54) is 0 Å². The Labute approximate surface area is 199 Å². The number of nitrogens with zero attached hydrogens (tertiary/aromatic N) is 1. The highest BCUT2D eigenvalue weighted by Gasteiger charge is 2.12. The van der Waals surface area contributed by atoms with Crippen molar-refractivity contribution in [2.45, 2.75) is 33.1 Å². The van der Waals surface area contributed by atoms with Crippen molar-refractivity contribution in [1.82, 2.24) is 4.98 Å². The zero-order valence-electron chi connectivity index (χ0n) is 19.4. The number of carboxylic acids is 1. The summed E-state index contributed by atoms with van der Waals surface area (Å²) in [6.07, 6.45) is 1.27. The van der Waals surface area contributed by atoms with Crippen molar-refractivity contribution in [3.63, 3.8) is 0 Å². The van der Waals surface area contributed by atoms with E-state index in [0.29, 0.717) is 25.3 Å². The first-order valence-corrected chi connectivity index (χ1v) is 11.3. The maximum absolute atomic E-state index is 10.8. The average Bonchev–Trinajstić information content (AvgIpc) is 3.20. The lowest BCUT2D eigenvalue weighted by molar-refractivity contribution is -0.136. The van der Waals surface area contributed by atoms with Gasteiger partial charge in [-0.05, 0) is 79.9 Å². The van der Waals surface area contributed by atoms with E-state index >= 15 is 0 Å². The molecule has 0 bridgehead atoms. The van der Waals surface area contributed by atoms with Gasteiger partial charge in [-0.25, -0.2) is 4.98 Å². The first-order chi connectivity index (χ1) is 16.5. The van der Waals surface area contributed by atoms with E-state index < -0.39 is 5.97 Å². The van der Waals surface area contributed by atoms with Gasteiger partial charge in [-0.15, -0.1) is 0 Å². The van der Waals surface area contributed by atoms with E-state index in [0.717, 1.165) is 45.3 Å². The molecule has 0 saturated heterocycles. The third-order valence-corrected chi connectivity index (χ3v) is 5.62. The molecule has 6 heteroatoms. The predicted molar refractivity (Wildman–Crippen MR) is 133 cm³/mol. The fourth-order valence-electron chi connectivity index (χ4n) is 3.71. The number of oxazole rings is 1. The summed E-state index contributed by atoms with van der Waals surface area (Å²) in [6.45, 7) is 4.36. The van der Waals surface area contributed by atoms with E-state index in [9.17, 15) is 4.79 Å². The quantitative estimate of drug-likeness (QED) is 0.290. The predicted octanol–water partition coefficient (Wildman–Crippen LogP) is 6.34. The molecular weight excluding hydrogens is 428 g/mol. The fraction of sp³-hybridized carbons (Fsp3) is 0.214. The van der Waals surface area contributed by atoms with Gasteiger partial charge in [0.1, 0.15) is 11.5 Å². The van der Waals surface area contributed by atoms with E-state index in [1.54, 1.807) is 0 Å². The summed E-state index contributed by atoms with van der Waals surface area (Å²) in [4.78, 5) is 15.5. The Bertz CT molecular complexity index is 1250. The Hall–Kier alpha value is -4.06. The largest absolute Gasteiger partial charge is 0.493 e. The van der Waals surface area contributed by atoms with Crippen LogP contribution in [-0.2, 0) is 17.6 Å². The lowest BCUT2D eigenvalue weighted by atomic mass is 10.0. The number of rotatable bonds is 10. The highest BCUT2D eigenvalue weighted by atomic mass is 16.5. The van der Waals surface area contributed by atoms with Gasteiger partial charge in [0.25, 0.3) is 0 Å². The van der Waals surface area contributed by atoms with Crippen molar-refractivity contribution in [3.05, 3.63) is 95.4 Å². The molecule has 174 valence electrons. The third kappa shape index (κ3) is 6.04. The average molecular weight is 457 g/mol. The summed E-state index contributed by atoms with van der Waals surface area (Å²) >= 11 is 0. The van der Waals surface area contributed by atoms with Gasteiger partial charge in [-0.1, -0.05) is 24.3 Å². The maximum atomic E-state index is 10.8. The number of ether oxygens (including phenoxy) is 1. The van der Waals surface area contributed by atoms with E-state index in [-0.39, 0.29) is 6.42 Å². The minimum Gasteiger partial charge on any atom is -0.493 e. The van der Waals surface area contributed by atoms with Crippen LogP contribution in [0.1, 0.15) is 29.0 Å². The Morgan fingerprint density at radius 2 is 1.71 bits per heavy atom. The number of carbonyl (C=O) groups is 1. The van der Waals surface area contributed by atoms with Gasteiger partial charge >= 0.3 is 5.97 Å². The van der Waals surface area contributed by atoms with Crippen LogP contribution in [0.3, 0.4) is 0 Å². The highest BCUT2D eigenvalue weighted by molar-refractivity contribution is 5.67. The Kier molecular flexibility index (Phi) is 7.28. The number of aromatic nitrogens is 1. The van der Waals surface area contributed by atoms with E-state index in [1.807, 2.05) is 86.6 Å². The molecule has 0 radical (unpaired) electrons. The molecule has 3 aromatic carbocycles. The zero-order valence-corrected chi connectivity index (χ0v) is 19.4. The number of hydrogen-bond acceptors (Lipinski definition) is 5. The number of carboxylic acid groups (broad SMARTS) is 1. The third-order valence-electron chi connectivity index (χ3n) is 5.62. The zero-order chi connectivity index (χ0) is 23.9. The Morgan fingerprint density at radius 3 is 2.41 bits per heavy atom. The highest BCUT2D eigenvalue weighted by Crippen LogP contribution is 2.25. The van der Waals surface area contributed by atoms with Gasteiger partial charge < -0.3 is 19.6 Å². The Morgan fingerprint density at radius 1 is 0.971 bits per heavy atom. The number of hydrogen-bond donors (Lipinski definition) is 2. The van der Waals surface area contributed by atoms with Crippen LogP contribution in [-0.4, -0.2) is 22.7 Å². The van der Waals surface area contributed by atoms with Gasteiger partial charge in [-0.3, -0.25) is 4.79 Å². The van der Waals surface area contributed by atoms with Gasteiger partial charge in [0, 0.05) is 29.8 Å². The second-order valence-corrected chi connectivity index (χ2v) is 8.17. The summed E-state index contributed by atoms with van der Waals surface area (Å²) in [7, 11) is 0. The molecule has 0 atom stereocenters. The molecule has 0 aliphatic rings. The number of para-hydroxylation sites is 1. The molecule has 0 amide bonds. The molecule has 6 nitrogen and oxygen atoms in total. The molecule has 4 aromatic rings. The lowest BCUT2D eigenvalue weighted by Gasteiger charge is -2.09. The van der Waals surface area contributed by atoms with Crippen molar-refractivity contribution in [2.75, 3.05) is 11.9 Å². The summed E-state index contributed by atoms with van der Waals surface area (Å²) in [5.41, 5.74) is 5.88. The SMILES string of the molecule is Cc1cc(OCCc2nc(-c3ccc(Nc4ccccc4)cc3)oc2C)ccc1CCC(=O)O. The maximum Gasteiger partial charge on any atom is 0.303 e.